The normalized spacial score (nSPS) is 17.4. The van der Waals surface area contributed by atoms with Crippen molar-refractivity contribution in [1.29, 1.82) is 0 Å². The number of aromatic amines is 2. The summed E-state index contributed by atoms with van der Waals surface area (Å²) >= 11 is 0. The molecule has 0 bridgehead atoms. The first-order valence-corrected chi connectivity index (χ1v) is 17.2. The largest absolute Gasteiger partial charge is 0.453 e. The van der Waals surface area contributed by atoms with Crippen LogP contribution in [0.25, 0.3) is 11.3 Å². The number of rotatable bonds is 8. The van der Waals surface area contributed by atoms with Gasteiger partial charge in [0.15, 0.2) is 0 Å². The molecule has 2 aromatic heterocycles. The van der Waals surface area contributed by atoms with Crippen molar-refractivity contribution in [1.82, 2.24) is 35.1 Å². The summed E-state index contributed by atoms with van der Waals surface area (Å²) in [6.45, 7) is 1.28. The van der Waals surface area contributed by atoms with E-state index in [2.05, 4.69) is 37.1 Å². The third-order valence-electron chi connectivity index (χ3n) is 9.49. The van der Waals surface area contributed by atoms with Gasteiger partial charge in [0, 0.05) is 18.7 Å². The van der Waals surface area contributed by atoms with Crippen LogP contribution in [-0.4, -0.2) is 67.8 Å². The van der Waals surface area contributed by atoms with Crippen molar-refractivity contribution in [3.63, 3.8) is 0 Å². The van der Waals surface area contributed by atoms with E-state index in [9.17, 15) is 14.4 Å². The highest BCUT2D eigenvalue weighted by Gasteiger charge is 2.37. The topological polar surface area (TPSA) is 136 Å². The lowest BCUT2D eigenvalue weighted by atomic mass is 10.1. The average Bonchev–Trinajstić information content (AvgIpc) is 4.00. The van der Waals surface area contributed by atoms with Gasteiger partial charge in [-0.3, -0.25) is 9.59 Å². The Morgan fingerprint density at radius 3 is 2.20 bits per heavy atom. The Morgan fingerprint density at radius 2 is 1.47 bits per heavy atom. The van der Waals surface area contributed by atoms with Gasteiger partial charge in [0.2, 0.25) is 5.91 Å². The molecule has 11 nitrogen and oxygen atoms in total. The maximum Gasteiger partial charge on any atom is 0.407 e. The molecule has 3 aromatic carbocycles. The standard InChI is InChI=1S/C40H39N7O4/c1-51-40(50)45-36(30-12-6-3-7-13-30)39(49)47-23-9-15-34(47)37-41-25-31(43-37)21-18-27-16-19-29(20-17-27)32-26-42-38(44-32)33-14-8-22-46(33)35(48)24-28-10-4-2-5-11-28/h2-7,10-13,16-17,19-20,25-26,33-34,36H,8-9,14-15,22-24H2,1H3,(H,41,43)(H,42,44)(H,45,50)/t33-,34?,36?/m0/s1. The van der Waals surface area contributed by atoms with Crippen LogP contribution in [0.15, 0.2) is 97.3 Å². The molecule has 3 amide bonds. The minimum Gasteiger partial charge on any atom is -0.453 e. The zero-order valence-electron chi connectivity index (χ0n) is 28.3. The predicted molar refractivity (Wildman–Crippen MR) is 191 cm³/mol. The molecule has 5 aromatic rings. The lowest BCUT2D eigenvalue weighted by molar-refractivity contribution is -0.134. The molecule has 3 atom stereocenters. The van der Waals surface area contributed by atoms with Crippen LogP contribution < -0.4 is 5.32 Å². The van der Waals surface area contributed by atoms with Crippen molar-refractivity contribution in [2.24, 2.45) is 0 Å². The van der Waals surface area contributed by atoms with Gasteiger partial charge in [-0.15, -0.1) is 0 Å². The van der Waals surface area contributed by atoms with Crippen molar-refractivity contribution in [3.8, 4) is 23.1 Å². The van der Waals surface area contributed by atoms with Gasteiger partial charge in [0.25, 0.3) is 5.91 Å². The Labute approximate surface area is 296 Å². The minimum atomic E-state index is -0.878. The van der Waals surface area contributed by atoms with Gasteiger partial charge in [0.05, 0.1) is 43.7 Å². The first-order valence-electron chi connectivity index (χ1n) is 17.2. The third-order valence-corrected chi connectivity index (χ3v) is 9.49. The quantitative estimate of drug-likeness (QED) is 0.176. The number of ether oxygens (including phenoxy) is 1. The highest BCUT2D eigenvalue weighted by atomic mass is 16.5. The number of aromatic nitrogens is 4. The maximum absolute atomic E-state index is 13.8. The van der Waals surface area contributed by atoms with E-state index < -0.39 is 12.1 Å². The number of hydrogen-bond donors (Lipinski definition) is 3. The predicted octanol–water partition coefficient (Wildman–Crippen LogP) is 5.87. The molecule has 2 fully saturated rings. The zero-order valence-corrected chi connectivity index (χ0v) is 28.3. The summed E-state index contributed by atoms with van der Waals surface area (Å²) in [6.07, 6.45) is 6.61. The van der Waals surface area contributed by atoms with Gasteiger partial charge in [-0.05, 0) is 60.4 Å². The molecule has 2 unspecified atom stereocenters. The number of alkyl carbamates (subject to hydrolysis) is 1. The van der Waals surface area contributed by atoms with Crippen LogP contribution in [-0.2, 0) is 20.7 Å². The van der Waals surface area contributed by atoms with E-state index >= 15 is 0 Å². The van der Waals surface area contributed by atoms with Crippen molar-refractivity contribution >= 4 is 17.9 Å². The molecule has 2 aliphatic heterocycles. The third kappa shape index (κ3) is 7.55. The van der Waals surface area contributed by atoms with Crippen LogP contribution in [0.3, 0.4) is 0 Å². The van der Waals surface area contributed by atoms with Crippen LogP contribution in [0.5, 0.6) is 0 Å². The SMILES string of the molecule is COC(=O)NC(C(=O)N1CCCC1c1ncc(C#Cc2ccc(-c3cnc([C@@H]4CCCN4C(=O)Cc4ccccc4)[nH]3)cc2)[nH]1)c1ccccc1. The van der Waals surface area contributed by atoms with E-state index in [4.69, 9.17) is 4.74 Å². The van der Waals surface area contributed by atoms with Crippen LogP contribution in [0.2, 0.25) is 0 Å². The summed E-state index contributed by atoms with van der Waals surface area (Å²) in [5.41, 5.74) is 5.03. The second kappa shape index (κ2) is 15.2. The Balaban J connectivity index is 0.998. The number of hydrogen-bond acceptors (Lipinski definition) is 6. The number of amides is 3. The number of methoxy groups -OCH3 is 1. The van der Waals surface area contributed by atoms with Gasteiger partial charge >= 0.3 is 6.09 Å². The van der Waals surface area contributed by atoms with E-state index in [1.54, 1.807) is 11.1 Å². The number of nitrogens with one attached hydrogen (secondary N) is 3. The lowest BCUT2D eigenvalue weighted by Gasteiger charge is -2.28. The number of carbonyl (C=O) groups excluding carboxylic acids is 3. The molecular weight excluding hydrogens is 642 g/mol. The molecule has 11 heteroatoms. The molecule has 51 heavy (non-hydrogen) atoms. The van der Waals surface area contributed by atoms with Gasteiger partial charge in [-0.25, -0.2) is 14.8 Å². The van der Waals surface area contributed by atoms with Gasteiger partial charge in [-0.1, -0.05) is 78.7 Å². The van der Waals surface area contributed by atoms with E-state index in [0.29, 0.717) is 30.0 Å². The summed E-state index contributed by atoms with van der Waals surface area (Å²) < 4.78 is 4.80. The molecule has 2 aliphatic rings. The average molecular weight is 682 g/mol. The number of carbonyl (C=O) groups is 3. The van der Waals surface area contributed by atoms with Gasteiger partial charge in [-0.2, -0.15) is 0 Å². The summed E-state index contributed by atoms with van der Waals surface area (Å²) in [7, 11) is 1.28. The second-order valence-electron chi connectivity index (χ2n) is 12.8. The number of benzene rings is 3. The fourth-order valence-electron chi connectivity index (χ4n) is 6.91. The van der Waals surface area contributed by atoms with Crippen molar-refractivity contribution < 1.29 is 19.1 Å². The number of H-pyrrole nitrogens is 2. The Morgan fingerprint density at radius 1 is 0.824 bits per heavy atom. The fourth-order valence-corrected chi connectivity index (χ4v) is 6.91. The molecule has 0 radical (unpaired) electrons. The number of likely N-dealkylation sites (tertiary alicyclic amines) is 2. The Kier molecular flexibility index (Phi) is 9.92. The minimum absolute atomic E-state index is 0.0596. The number of nitrogens with zero attached hydrogens (tertiary/aromatic N) is 4. The molecule has 7 rings (SSSR count). The molecule has 0 aliphatic carbocycles. The monoisotopic (exact) mass is 681 g/mol. The van der Waals surface area contributed by atoms with Crippen LogP contribution in [0, 0.1) is 11.8 Å². The van der Waals surface area contributed by atoms with Crippen LogP contribution >= 0.6 is 0 Å². The zero-order chi connectivity index (χ0) is 35.2. The van der Waals surface area contributed by atoms with Crippen LogP contribution in [0.1, 0.15) is 77.8 Å². The summed E-state index contributed by atoms with van der Waals surface area (Å²) in [5, 5.41) is 2.69. The summed E-state index contributed by atoms with van der Waals surface area (Å²) in [5.74, 6) is 7.72. The highest BCUT2D eigenvalue weighted by molar-refractivity contribution is 5.87. The molecule has 0 saturated carbocycles. The molecule has 258 valence electrons. The molecule has 0 spiro atoms. The first kappa shape index (κ1) is 33.4. The Hall–Kier alpha value is -6.15. The number of imidazole rings is 2. The molecular formula is C40H39N7O4. The van der Waals surface area contributed by atoms with E-state index in [0.717, 1.165) is 60.4 Å². The maximum atomic E-state index is 13.8. The van der Waals surface area contributed by atoms with Crippen molar-refractivity contribution in [2.75, 3.05) is 20.2 Å². The van der Waals surface area contributed by atoms with Crippen molar-refractivity contribution in [3.05, 3.63) is 131 Å². The van der Waals surface area contributed by atoms with Crippen molar-refractivity contribution in [2.45, 2.75) is 50.2 Å². The van der Waals surface area contributed by atoms with Gasteiger partial charge in [0.1, 0.15) is 23.4 Å². The summed E-state index contributed by atoms with van der Waals surface area (Å²) in [6, 6.07) is 25.7. The first-order chi connectivity index (χ1) is 25.0. The molecule has 2 saturated heterocycles. The lowest BCUT2D eigenvalue weighted by Crippen LogP contribution is -2.42. The highest BCUT2D eigenvalue weighted by Crippen LogP contribution is 2.34. The second-order valence-corrected chi connectivity index (χ2v) is 12.8. The van der Waals surface area contributed by atoms with E-state index in [-0.39, 0.29) is 23.9 Å². The van der Waals surface area contributed by atoms with Gasteiger partial charge < -0.3 is 29.8 Å². The molecule has 3 N–H and O–H groups in total. The van der Waals surface area contributed by atoms with E-state index in [1.807, 2.05) is 96.0 Å². The van der Waals surface area contributed by atoms with E-state index in [1.165, 1.54) is 7.11 Å². The summed E-state index contributed by atoms with van der Waals surface area (Å²) in [4.78, 5) is 58.7. The fraction of sp³-hybridized carbons (Fsp3) is 0.275. The van der Waals surface area contributed by atoms with Crippen LogP contribution in [0.4, 0.5) is 4.79 Å². The molecule has 4 heterocycles. The Bertz CT molecular complexity index is 2050. The smallest absolute Gasteiger partial charge is 0.407 e.